The molecule has 0 fully saturated rings. The second kappa shape index (κ2) is 5.54. The van der Waals surface area contributed by atoms with Gasteiger partial charge in [0.1, 0.15) is 0 Å². The maximum absolute atomic E-state index is 12.1. The minimum Gasteiger partial charge on any atom is -0.365 e. The molecule has 1 N–H and O–H groups in total. The van der Waals surface area contributed by atoms with Crippen molar-refractivity contribution >= 4 is 17.4 Å². The lowest BCUT2D eigenvalue weighted by atomic mass is 10.1. The first-order valence-corrected chi connectivity index (χ1v) is 6.27. The molecule has 0 saturated carbocycles. The van der Waals surface area contributed by atoms with Gasteiger partial charge in [0, 0.05) is 30.4 Å². The number of halogens is 1. The minimum atomic E-state index is -0.242. The maximum atomic E-state index is 12.1. The van der Waals surface area contributed by atoms with Crippen LogP contribution >= 0.6 is 11.6 Å². The molecule has 5 heteroatoms. The predicted molar refractivity (Wildman–Crippen MR) is 71.9 cm³/mol. The summed E-state index contributed by atoms with van der Waals surface area (Å²) in [6.07, 6.45) is 3.35. The lowest BCUT2D eigenvalue weighted by Crippen LogP contribution is -2.35. The normalized spacial score (nSPS) is 13.5. The zero-order chi connectivity index (χ0) is 13.1. The van der Waals surface area contributed by atoms with Gasteiger partial charge in [-0.2, -0.15) is 0 Å². The van der Waals surface area contributed by atoms with Gasteiger partial charge in [-0.1, -0.05) is 6.92 Å². The topological polar surface area (TPSA) is 46.9 Å². The fourth-order valence-corrected chi connectivity index (χ4v) is 1.50. The van der Waals surface area contributed by atoms with Gasteiger partial charge in [-0.25, -0.2) is 4.98 Å². The van der Waals surface area contributed by atoms with Crippen molar-refractivity contribution in [3.05, 3.63) is 22.7 Å². The summed E-state index contributed by atoms with van der Waals surface area (Å²) in [4.78, 5) is 16.2. The van der Waals surface area contributed by atoms with Crippen LogP contribution in [0.4, 0.5) is 5.82 Å². The van der Waals surface area contributed by atoms with E-state index in [9.17, 15) is 4.79 Å². The quantitative estimate of drug-likeness (QED) is 0.842. The van der Waals surface area contributed by atoms with Crippen molar-refractivity contribution in [1.82, 2.24) is 9.55 Å². The average molecular weight is 258 g/mol. The Balaban J connectivity index is 2.92. The third-order valence-corrected chi connectivity index (χ3v) is 2.97. The smallest absolute Gasteiger partial charge is 0.293 e. The lowest BCUT2D eigenvalue weighted by molar-refractivity contribution is 0.383. The van der Waals surface area contributed by atoms with Crippen LogP contribution in [-0.2, 0) is 5.54 Å². The van der Waals surface area contributed by atoms with Crippen molar-refractivity contribution in [3.63, 3.8) is 0 Å². The first kappa shape index (κ1) is 14.0. The maximum Gasteiger partial charge on any atom is 0.293 e. The van der Waals surface area contributed by atoms with Crippen molar-refractivity contribution in [2.75, 3.05) is 17.7 Å². The van der Waals surface area contributed by atoms with E-state index in [1.165, 1.54) is 0 Å². The van der Waals surface area contributed by atoms with E-state index in [0.29, 0.717) is 24.2 Å². The summed E-state index contributed by atoms with van der Waals surface area (Å²) in [6.45, 7) is 8.63. The molecule has 0 radical (unpaired) electrons. The molecule has 1 atom stereocenters. The highest BCUT2D eigenvalue weighted by atomic mass is 35.5. The van der Waals surface area contributed by atoms with Gasteiger partial charge in [-0.3, -0.25) is 4.79 Å². The zero-order valence-corrected chi connectivity index (χ0v) is 11.6. The van der Waals surface area contributed by atoms with Crippen LogP contribution in [0.3, 0.4) is 0 Å². The highest BCUT2D eigenvalue weighted by Gasteiger charge is 2.16. The number of hydrogen-bond donors (Lipinski definition) is 1. The van der Waals surface area contributed by atoms with E-state index in [2.05, 4.69) is 10.3 Å². The highest BCUT2D eigenvalue weighted by Crippen LogP contribution is 2.10. The predicted octanol–water partition coefficient (Wildman–Crippen LogP) is 2.29. The van der Waals surface area contributed by atoms with Gasteiger partial charge in [0.15, 0.2) is 5.82 Å². The van der Waals surface area contributed by atoms with Gasteiger partial charge < -0.3 is 9.88 Å². The molecule has 0 spiro atoms. The molecule has 0 saturated heterocycles. The van der Waals surface area contributed by atoms with E-state index < -0.39 is 0 Å². The van der Waals surface area contributed by atoms with Crippen LogP contribution in [0.25, 0.3) is 0 Å². The number of aromatic nitrogens is 2. The van der Waals surface area contributed by atoms with Crippen LogP contribution in [0, 0.1) is 5.92 Å². The van der Waals surface area contributed by atoms with Crippen molar-refractivity contribution < 1.29 is 0 Å². The second-order valence-electron chi connectivity index (χ2n) is 5.26. The Kier molecular flexibility index (Phi) is 4.57. The fourth-order valence-electron chi connectivity index (χ4n) is 1.39. The van der Waals surface area contributed by atoms with Gasteiger partial charge in [-0.05, 0) is 26.7 Å². The Morgan fingerprint density at radius 1 is 1.53 bits per heavy atom. The number of nitrogens with zero attached hydrogens (tertiary/aromatic N) is 2. The molecular formula is C12H20ClN3O. The number of alkyl halides is 1. The summed E-state index contributed by atoms with van der Waals surface area (Å²) in [6, 6.07) is 0. The molecule has 0 aliphatic rings. The number of nitrogens with one attached hydrogen (secondary N) is 1. The molecule has 0 amide bonds. The van der Waals surface area contributed by atoms with E-state index in [1.807, 2.05) is 27.7 Å². The molecule has 1 unspecified atom stereocenters. The Morgan fingerprint density at radius 2 is 2.18 bits per heavy atom. The third-order valence-electron chi connectivity index (χ3n) is 2.44. The molecule has 17 heavy (non-hydrogen) atoms. The highest BCUT2D eigenvalue weighted by molar-refractivity contribution is 6.18. The standard InChI is InChI=1S/C12H20ClN3O/c1-9(7-13)8-15-10-11(17)16(6-5-14-10)12(2,3)4/h5-6,9H,7-8H2,1-4H3,(H,14,15). The molecular weight excluding hydrogens is 238 g/mol. The van der Waals surface area contributed by atoms with Crippen LogP contribution < -0.4 is 10.9 Å². The molecule has 1 aromatic heterocycles. The fraction of sp³-hybridized carbons (Fsp3) is 0.667. The van der Waals surface area contributed by atoms with Gasteiger partial charge in [0.05, 0.1) is 0 Å². The lowest BCUT2D eigenvalue weighted by Gasteiger charge is -2.22. The van der Waals surface area contributed by atoms with Crippen LogP contribution in [0.2, 0.25) is 0 Å². The van der Waals surface area contributed by atoms with E-state index in [0.717, 1.165) is 0 Å². The SMILES string of the molecule is CC(CCl)CNc1nccn(C(C)(C)C)c1=O. The van der Waals surface area contributed by atoms with Crippen molar-refractivity contribution in [2.24, 2.45) is 5.92 Å². The van der Waals surface area contributed by atoms with Gasteiger partial charge in [0.25, 0.3) is 5.56 Å². The van der Waals surface area contributed by atoms with Gasteiger partial charge in [0.2, 0.25) is 0 Å². The molecule has 0 aliphatic heterocycles. The number of hydrogen-bond acceptors (Lipinski definition) is 3. The summed E-state index contributed by atoms with van der Waals surface area (Å²) < 4.78 is 1.67. The summed E-state index contributed by atoms with van der Waals surface area (Å²) in [5.74, 6) is 1.26. The summed E-state index contributed by atoms with van der Waals surface area (Å²) in [5, 5.41) is 3.05. The van der Waals surface area contributed by atoms with Crippen molar-refractivity contribution in [3.8, 4) is 0 Å². The van der Waals surface area contributed by atoms with Gasteiger partial charge in [-0.15, -0.1) is 11.6 Å². The van der Waals surface area contributed by atoms with E-state index in [-0.39, 0.29) is 11.1 Å². The summed E-state index contributed by atoms with van der Waals surface area (Å²) >= 11 is 5.72. The van der Waals surface area contributed by atoms with Crippen LogP contribution in [0.15, 0.2) is 17.2 Å². The average Bonchev–Trinajstić information content (AvgIpc) is 2.25. The Labute approximate surface area is 107 Å². The van der Waals surface area contributed by atoms with Crippen LogP contribution in [-0.4, -0.2) is 22.0 Å². The van der Waals surface area contributed by atoms with E-state index in [4.69, 9.17) is 11.6 Å². The Hall–Kier alpha value is -1.03. The van der Waals surface area contributed by atoms with Crippen molar-refractivity contribution in [2.45, 2.75) is 33.2 Å². The number of rotatable bonds is 4. The molecule has 1 rings (SSSR count). The molecule has 0 aliphatic carbocycles. The van der Waals surface area contributed by atoms with Gasteiger partial charge >= 0.3 is 0 Å². The number of anilines is 1. The Morgan fingerprint density at radius 3 is 2.71 bits per heavy atom. The monoisotopic (exact) mass is 257 g/mol. The van der Waals surface area contributed by atoms with Crippen LogP contribution in [0.1, 0.15) is 27.7 Å². The first-order chi connectivity index (χ1) is 7.86. The molecule has 4 nitrogen and oxygen atoms in total. The second-order valence-corrected chi connectivity index (χ2v) is 5.57. The molecule has 0 aromatic carbocycles. The molecule has 0 bridgehead atoms. The zero-order valence-electron chi connectivity index (χ0n) is 10.8. The van der Waals surface area contributed by atoms with E-state index in [1.54, 1.807) is 17.0 Å². The molecule has 96 valence electrons. The summed E-state index contributed by atoms with van der Waals surface area (Å²) in [7, 11) is 0. The third kappa shape index (κ3) is 3.73. The largest absolute Gasteiger partial charge is 0.365 e. The van der Waals surface area contributed by atoms with Crippen molar-refractivity contribution in [1.29, 1.82) is 0 Å². The molecule has 1 aromatic rings. The first-order valence-electron chi connectivity index (χ1n) is 5.74. The van der Waals surface area contributed by atoms with Crippen LogP contribution in [0.5, 0.6) is 0 Å². The molecule has 1 heterocycles. The summed E-state index contributed by atoms with van der Waals surface area (Å²) in [5.41, 5.74) is -0.337. The Bertz CT molecular complexity index is 422. The van der Waals surface area contributed by atoms with E-state index >= 15 is 0 Å². The minimum absolute atomic E-state index is 0.0956.